The summed E-state index contributed by atoms with van der Waals surface area (Å²) in [7, 11) is 6.15. The van der Waals surface area contributed by atoms with E-state index in [1.807, 2.05) is 24.3 Å². The summed E-state index contributed by atoms with van der Waals surface area (Å²) in [6, 6.07) is 14.2. The topological polar surface area (TPSA) is 89.5 Å². The van der Waals surface area contributed by atoms with Crippen LogP contribution in [0.2, 0.25) is 0 Å². The van der Waals surface area contributed by atoms with E-state index in [1.54, 1.807) is 37.5 Å². The van der Waals surface area contributed by atoms with Crippen molar-refractivity contribution in [3.05, 3.63) is 76.5 Å². The van der Waals surface area contributed by atoms with Crippen LogP contribution < -0.4 is 28.4 Å². The highest BCUT2D eigenvalue weighted by Gasteiger charge is 2.38. The van der Waals surface area contributed by atoms with Crippen molar-refractivity contribution in [1.29, 1.82) is 0 Å². The normalized spacial score (nSPS) is 17.1. The molecule has 0 amide bonds. The summed E-state index contributed by atoms with van der Waals surface area (Å²) in [6.07, 6.45) is 1.72. The fraction of sp³-hybridized carbons (Fsp3) is 0.214. The quantitative estimate of drug-likeness (QED) is 0.278. The smallest absolute Gasteiger partial charge is 0.312 e. The number of allylic oxidation sites excluding steroid dienone is 1. The molecule has 1 unspecified atom stereocenters. The third-order valence-corrected chi connectivity index (χ3v) is 6.32. The van der Waals surface area contributed by atoms with Gasteiger partial charge in [0.05, 0.1) is 40.4 Å². The lowest BCUT2D eigenvalue weighted by molar-refractivity contribution is -0.135. The summed E-state index contributed by atoms with van der Waals surface area (Å²) in [5.41, 5.74) is 2.53. The largest absolute Gasteiger partial charge is 0.497 e. The van der Waals surface area contributed by atoms with E-state index in [4.69, 9.17) is 28.4 Å². The van der Waals surface area contributed by atoms with Crippen molar-refractivity contribution in [2.24, 2.45) is 0 Å². The van der Waals surface area contributed by atoms with Crippen molar-refractivity contribution in [1.82, 2.24) is 0 Å². The SMILES string of the molecule is COc1ccc(C2CC(=O)Oc3ccc4c(c32)O/C(=C\c2ccc(OC)c(OC)c2OC)C4=O)cc1. The van der Waals surface area contributed by atoms with Crippen LogP contribution in [-0.4, -0.2) is 40.2 Å². The van der Waals surface area contributed by atoms with Gasteiger partial charge in [-0.2, -0.15) is 0 Å². The molecule has 36 heavy (non-hydrogen) atoms. The van der Waals surface area contributed by atoms with Gasteiger partial charge in [0.1, 0.15) is 17.2 Å². The molecule has 0 fully saturated rings. The summed E-state index contributed by atoms with van der Waals surface area (Å²) in [5, 5.41) is 0. The molecule has 5 rings (SSSR count). The highest BCUT2D eigenvalue weighted by atomic mass is 16.5. The van der Waals surface area contributed by atoms with Crippen molar-refractivity contribution in [3.63, 3.8) is 0 Å². The van der Waals surface area contributed by atoms with Gasteiger partial charge < -0.3 is 28.4 Å². The van der Waals surface area contributed by atoms with Gasteiger partial charge in [0, 0.05) is 17.0 Å². The van der Waals surface area contributed by atoms with E-state index < -0.39 is 0 Å². The zero-order chi connectivity index (χ0) is 25.4. The maximum absolute atomic E-state index is 13.3. The second-order valence-electron chi connectivity index (χ2n) is 8.22. The van der Waals surface area contributed by atoms with Crippen LogP contribution in [0.5, 0.6) is 34.5 Å². The Kier molecular flexibility index (Phi) is 6.01. The fourth-order valence-corrected chi connectivity index (χ4v) is 4.61. The Morgan fingerprint density at radius 1 is 0.806 bits per heavy atom. The van der Waals surface area contributed by atoms with Gasteiger partial charge >= 0.3 is 5.97 Å². The van der Waals surface area contributed by atoms with Crippen molar-refractivity contribution < 1.29 is 38.0 Å². The number of Topliss-reactive ketones (excluding diaryl/α,β-unsaturated/α-hetero) is 1. The van der Waals surface area contributed by atoms with Crippen LogP contribution >= 0.6 is 0 Å². The Balaban J connectivity index is 1.59. The van der Waals surface area contributed by atoms with E-state index >= 15 is 0 Å². The molecule has 0 spiro atoms. The number of carbonyl (C=O) groups is 2. The van der Waals surface area contributed by atoms with E-state index in [1.165, 1.54) is 21.3 Å². The number of hydrogen-bond acceptors (Lipinski definition) is 8. The third-order valence-electron chi connectivity index (χ3n) is 6.32. The number of carbonyl (C=O) groups excluding carboxylic acids is 2. The van der Waals surface area contributed by atoms with Crippen LogP contribution in [0.3, 0.4) is 0 Å². The lowest BCUT2D eigenvalue weighted by Crippen LogP contribution is -2.21. The molecule has 1 atom stereocenters. The molecule has 0 radical (unpaired) electrons. The molecule has 184 valence electrons. The van der Waals surface area contributed by atoms with Crippen LogP contribution in [-0.2, 0) is 4.79 Å². The van der Waals surface area contributed by atoms with Gasteiger partial charge in [0.2, 0.25) is 11.5 Å². The van der Waals surface area contributed by atoms with E-state index in [0.717, 1.165) is 5.56 Å². The molecule has 0 N–H and O–H groups in total. The molecule has 2 aliphatic heterocycles. The number of ether oxygens (including phenoxy) is 6. The predicted octanol–water partition coefficient (Wildman–Crippen LogP) is 4.78. The minimum atomic E-state index is -0.349. The standard InChI is InChI=1S/C28H24O8/c1-31-17-8-5-15(6-9-17)19-14-23(29)35-20-12-10-18-25(30)22(36-27(18)24(19)20)13-16-7-11-21(32-2)28(34-4)26(16)33-3/h5-13,19H,14H2,1-4H3/b22-13-. The molecule has 2 heterocycles. The first kappa shape index (κ1) is 23.3. The maximum atomic E-state index is 13.3. The Morgan fingerprint density at radius 2 is 1.56 bits per heavy atom. The van der Waals surface area contributed by atoms with E-state index in [9.17, 15) is 9.59 Å². The summed E-state index contributed by atoms with van der Waals surface area (Å²) in [5.74, 6) is 1.92. The van der Waals surface area contributed by atoms with E-state index in [2.05, 4.69) is 0 Å². The van der Waals surface area contributed by atoms with Crippen LogP contribution in [0.15, 0.2) is 54.3 Å². The minimum absolute atomic E-state index is 0.120. The van der Waals surface area contributed by atoms with Crippen LogP contribution in [0.25, 0.3) is 6.08 Å². The lowest BCUT2D eigenvalue weighted by Gasteiger charge is -2.26. The molecule has 8 nitrogen and oxygen atoms in total. The summed E-state index contributed by atoms with van der Waals surface area (Å²) >= 11 is 0. The van der Waals surface area contributed by atoms with Crippen LogP contribution in [0.1, 0.15) is 39.4 Å². The summed E-state index contributed by atoms with van der Waals surface area (Å²) in [4.78, 5) is 25.7. The number of fused-ring (bicyclic) bond motifs is 3. The van der Waals surface area contributed by atoms with Crippen LogP contribution in [0, 0.1) is 0 Å². The molecule has 0 saturated carbocycles. The van der Waals surface area contributed by atoms with Gasteiger partial charge in [-0.15, -0.1) is 0 Å². The van der Waals surface area contributed by atoms with Crippen molar-refractivity contribution >= 4 is 17.8 Å². The Hall–Kier alpha value is -4.46. The predicted molar refractivity (Wildman–Crippen MR) is 131 cm³/mol. The molecule has 0 bridgehead atoms. The van der Waals surface area contributed by atoms with Crippen molar-refractivity contribution in [2.75, 3.05) is 28.4 Å². The number of ketones is 1. The van der Waals surface area contributed by atoms with E-state index in [0.29, 0.717) is 51.2 Å². The fourth-order valence-electron chi connectivity index (χ4n) is 4.61. The average molecular weight is 488 g/mol. The molecule has 0 aliphatic carbocycles. The minimum Gasteiger partial charge on any atom is -0.497 e. The van der Waals surface area contributed by atoms with E-state index in [-0.39, 0.29) is 29.9 Å². The first-order valence-corrected chi connectivity index (χ1v) is 11.2. The van der Waals surface area contributed by atoms with Crippen molar-refractivity contribution in [2.45, 2.75) is 12.3 Å². The van der Waals surface area contributed by atoms with Gasteiger partial charge in [0.25, 0.3) is 0 Å². The molecule has 3 aromatic carbocycles. The molecular formula is C28H24O8. The first-order valence-electron chi connectivity index (χ1n) is 11.2. The number of esters is 1. The Morgan fingerprint density at radius 3 is 2.22 bits per heavy atom. The number of methoxy groups -OCH3 is 4. The van der Waals surface area contributed by atoms with Crippen molar-refractivity contribution in [3.8, 4) is 34.5 Å². The monoisotopic (exact) mass is 488 g/mol. The zero-order valence-corrected chi connectivity index (χ0v) is 20.2. The second kappa shape index (κ2) is 9.30. The van der Waals surface area contributed by atoms with Gasteiger partial charge in [-0.3, -0.25) is 9.59 Å². The van der Waals surface area contributed by atoms with Gasteiger partial charge in [-0.1, -0.05) is 12.1 Å². The van der Waals surface area contributed by atoms with Gasteiger partial charge in [0.15, 0.2) is 17.3 Å². The lowest BCUT2D eigenvalue weighted by atomic mass is 9.84. The maximum Gasteiger partial charge on any atom is 0.312 e. The molecule has 3 aromatic rings. The van der Waals surface area contributed by atoms with Gasteiger partial charge in [-0.05, 0) is 48.0 Å². The summed E-state index contributed by atoms with van der Waals surface area (Å²) < 4.78 is 33.3. The molecule has 2 aliphatic rings. The Bertz CT molecular complexity index is 1390. The molecule has 8 heteroatoms. The second-order valence-corrected chi connectivity index (χ2v) is 8.22. The van der Waals surface area contributed by atoms with Gasteiger partial charge in [-0.25, -0.2) is 0 Å². The highest BCUT2D eigenvalue weighted by Crippen LogP contribution is 2.49. The highest BCUT2D eigenvalue weighted by molar-refractivity contribution is 6.15. The Labute approximate surface area is 207 Å². The average Bonchev–Trinajstić information content (AvgIpc) is 3.22. The molecule has 0 saturated heterocycles. The number of hydrogen-bond donors (Lipinski definition) is 0. The van der Waals surface area contributed by atoms with Crippen LogP contribution in [0.4, 0.5) is 0 Å². The molecular weight excluding hydrogens is 464 g/mol. The summed E-state index contributed by atoms with van der Waals surface area (Å²) in [6.45, 7) is 0. The number of benzene rings is 3. The first-order chi connectivity index (χ1) is 17.5. The zero-order valence-electron chi connectivity index (χ0n) is 20.2. The number of rotatable bonds is 6. The third kappa shape index (κ3) is 3.80. The molecule has 0 aromatic heterocycles.